The number of esters is 1. The molecule has 4 fully saturated rings. The highest BCUT2D eigenvalue weighted by molar-refractivity contribution is 5.82. The van der Waals surface area contributed by atoms with Crippen LogP contribution in [0.5, 0.6) is 0 Å². The van der Waals surface area contributed by atoms with E-state index in [9.17, 15) is 35.9 Å². The summed E-state index contributed by atoms with van der Waals surface area (Å²) in [6, 6.07) is 0. The molecule has 33 heavy (non-hydrogen) atoms. The van der Waals surface area contributed by atoms with Crippen LogP contribution in [0.1, 0.15) is 65.2 Å². The van der Waals surface area contributed by atoms with E-state index in [-0.39, 0.29) is 35.8 Å². The molecule has 4 rings (SSSR count). The molecule has 3 saturated carbocycles. The molecule has 0 aromatic rings. The van der Waals surface area contributed by atoms with E-state index in [4.69, 9.17) is 4.74 Å². The predicted octanol–water partition coefficient (Wildman–Crippen LogP) is 5.50. The number of carbonyl (C=O) groups excluding carboxylic acids is 2. The SMILES string of the molecule is C[C@]12CC[C@H]3[C@@H](CC[C@H]4C[C@H](OC(=O)C(F)(F)F)CC[C@@]43C)[C@@H]1CCN(C(=O)C(F)(F)F)C2. The molecular weight excluding hydrogens is 452 g/mol. The summed E-state index contributed by atoms with van der Waals surface area (Å²) in [4.78, 5) is 24.1. The van der Waals surface area contributed by atoms with Gasteiger partial charge in [-0.3, -0.25) is 4.79 Å². The van der Waals surface area contributed by atoms with Gasteiger partial charge in [-0.05, 0) is 85.9 Å². The van der Waals surface area contributed by atoms with E-state index in [1.165, 1.54) is 0 Å². The number of alkyl halides is 6. The number of amides is 1. The first kappa shape index (κ1) is 24.6. The van der Waals surface area contributed by atoms with E-state index in [1.807, 2.05) is 6.92 Å². The number of carbonyl (C=O) groups is 2. The van der Waals surface area contributed by atoms with E-state index < -0.39 is 30.3 Å². The lowest BCUT2D eigenvalue weighted by Crippen LogP contribution is -2.60. The summed E-state index contributed by atoms with van der Waals surface area (Å²) in [5.74, 6) is -2.81. The summed E-state index contributed by atoms with van der Waals surface area (Å²) in [5.41, 5.74) is -0.437. The Morgan fingerprint density at radius 3 is 2.21 bits per heavy atom. The number of nitrogens with zero attached hydrogens (tertiary/aromatic N) is 1. The standard InChI is InChI=1S/C23H31F6NO3/c1-20-8-6-17-15(16(20)7-10-30(12-20)18(31)22(24,25)26)4-3-13-11-14(5-9-21(13,17)2)33-19(32)23(27,28)29/h13-17H,3-12H2,1-2H3/t13-,14+,15-,16-,17-,20+,21-/m0/s1. The largest absolute Gasteiger partial charge is 0.490 e. The van der Waals surface area contributed by atoms with Crippen molar-refractivity contribution in [1.82, 2.24) is 4.90 Å². The Hall–Kier alpha value is -1.48. The van der Waals surface area contributed by atoms with Crippen molar-refractivity contribution >= 4 is 11.9 Å². The number of ether oxygens (including phenoxy) is 1. The molecule has 7 atom stereocenters. The van der Waals surface area contributed by atoms with Gasteiger partial charge in [-0.2, -0.15) is 26.3 Å². The molecule has 0 unspecified atom stereocenters. The molecule has 4 aliphatic rings. The Morgan fingerprint density at radius 2 is 1.58 bits per heavy atom. The molecule has 188 valence electrons. The molecule has 1 amide bonds. The van der Waals surface area contributed by atoms with Gasteiger partial charge in [0.1, 0.15) is 6.10 Å². The molecule has 0 aromatic carbocycles. The quantitative estimate of drug-likeness (QED) is 0.365. The number of likely N-dealkylation sites (tertiary alicyclic amines) is 1. The summed E-state index contributed by atoms with van der Waals surface area (Å²) in [6.45, 7) is 4.43. The summed E-state index contributed by atoms with van der Waals surface area (Å²) in [7, 11) is 0. The van der Waals surface area contributed by atoms with Crippen LogP contribution in [0.2, 0.25) is 0 Å². The van der Waals surface area contributed by atoms with Gasteiger partial charge in [-0.15, -0.1) is 0 Å². The first-order chi connectivity index (χ1) is 15.1. The van der Waals surface area contributed by atoms with E-state index in [2.05, 4.69) is 6.92 Å². The zero-order chi connectivity index (χ0) is 24.4. The summed E-state index contributed by atoms with van der Waals surface area (Å²) in [5, 5.41) is 0. The second kappa shape index (κ2) is 8.04. The number of fused-ring (bicyclic) bond motifs is 5. The number of halogens is 6. The van der Waals surface area contributed by atoms with E-state index >= 15 is 0 Å². The van der Waals surface area contributed by atoms with E-state index in [1.54, 1.807) is 0 Å². The van der Waals surface area contributed by atoms with Crippen LogP contribution in [-0.2, 0) is 14.3 Å². The second-order valence-electron chi connectivity index (χ2n) is 11.2. The van der Waals surface area contributed by atoms with Crippen molar-refractivity contribution in [1.29, 1.82) is 0 Å². The van der Waals surface area contributed by atoms with Crippen LogP contribution in [0.15, 0.2) is 0 Å². The normalized spacial score (nSPS) is 41.5. The van der Waals surface area contributed by atoms with Gasteiger partial charge in [0.05, 0.1) is 0 Å². The molecule has 0 bridgehead atoms. The number of piperidine rings is 1. The fourth-order valence-corrected chi connectivity index (χ4v) is 7.86. The molecule has 0 radical (unpaired) electrons. The molecule has 1 aliphatic heterocycles. The molecule has 0 N–H and O–H groups in total. The Morgan fingerprint density at radius 1 is 0.879 bits per heavy atom. The maximum atomic E-state index is 13.0. The van der Waals surface area contributed by atoms with Gasteiger partial charge in [-0.1, -0.05) is 13.8 Å². The lowest BCUT2D eigenvalue weighted by Gasteiger charge is -2.63. The third-order valence-corrected chi connectivity index (χ3v) is 9.43. The van der Waals surface area contributed by atoms with Crippen LogP contribution in [0.25, 0.3) is 0 Å². The van der Waals surface area contributed by atoms with Crippen LogP contribution in [-0.4, -0.2) is 48.3 Å². The van der Waals surface area contributed by atoms with Gasteiger partial charge in [0.25, 0.3) is 0 Å². The maximum Gasteiger partial charge on any atom is 0.490 e. The average Bonchev–Trinajstić information content (AvgIpc) is 2.70. The minimum absolute atomic E-state index is 0.0791. The first-order valence-corrected chi connectivity index (χ1v) is 11.8. The van der Waals surface area contributed by atoms with Crippen LogP contribution in [0, 0.1) is 34.5 Å². The number of hydrogen-bond acceptors (Lipinski definition) is 3. The fraction of sp³-hybridized carbons (Fsp3) is 0.913. The average molecular weight is 483 g/mol. The van der Waals surface area contributed by atoms with Crippen LogP contribution < -0.4 is 0 Å². The van der Waals surface area contributed by atoms with Crippen molar-refractivity contribution < 1.29 is 40.7 Å². The van der Waals surface area contributed by atoms with Crippen molar-refractivity contribution in [2.45, 2.75) is 83.7 Å². The summed E-state index contributed by atoms with van der Waals surface area (Å²) >= 11 is 0. The second-order valence-corrected chi connectivity index (χ2v) is 11.2. The van der Waals surface area contributed by atoms with Gasteiger partial charge in [0, 0.05) is 13.1 Å². The van der Waals surface area contributed by atoms with Crippen LogP contribution in [0.3, 0.4) is 0 Å². The molecule has 1 heterocycles. The third kappa shape index (κ3) is 4.35. The predicted molar refractivity (Wildman–Crippen MR) is 106 cm³/mol. The fourth-order valence-electron chi connectivity index (χ4n) is 7.86. The van der Waals surface area contributed by atoms with Crippen LogP contribution in [0.4, 0.5) is 26.3 Å². The molecule has 0 aromatic heterocycles. The number of hydrogen-bond donors (Lipinski definition) is 0. The lowest BCUT2D eigenvalue weighted by molar-refractivity contribution is -0.211. The molecule has 3 aliphatic carbocycles. The first-order valence-electron chi connectivity index (χ1n) is 11.8. The van der Waals surface area contributed by atoms with E-state index in [0.717, 1.165) is 30.6 Å². The Balaban J connectivity index is 1.45. The zero-order valence-electron chi connectivity index (χ0n) is 18.9. The van der Waals surface area contributed by atoms with Crippen molar-refractivity contribution in [2.24, 2.45) is 34.5 Å². The van der Waals surface area contributed by atoms with Gasteiger partial charge in [0.15, 0.2) is 0 Å². The van der Waals surface area contributed by atoms with Gasteiger partial charge in [0.2, 0.25) is 0 Å². The van der Waals surface area contributed by atoms with Crippen molar-refractivity contribution in [3.63, 3.8) is 0 Å². The summed E-state index contributed by atoms with van der Waals surface area (Å²) in [6.07, 6.45) is -5.27. The molecule has 4 nitrogen and oxygen atoms in total. The third-order valence-electron chi connectivity index (χ3n) is 9.43. The maximum absolute atomic E-state index is 13.0. The molecule has 0 spiro atoms. The van der Waals surface area contributed by atoms with Crippen molar-refractivity contribution in [3.8, 4) is 0 Å². The van der Waals surface area contributed by atoms with Gasteiger partial charge in [-0.25, -0.2) is 4.79 Å². The minimum atomic E-state index is -4.99. The minimum Gasteiger partial charge on any atom is -0.456 e. The molecule has 10 heteroatoms. The molecular formula is C23H31F6NO3. The Kier molecular flexibility index (Phi) is 6.00. The topological polar surface area (TPSA) is 46.6 Å². The highest BCUT2D eigenvalue weighted by Gasteiger charge is 2.59. The highest BCUT2D eigenvalue weighted by atomic mass is 19.4. The highest BCUT2D eigenvalue weighted by Crippen LogP contribution is 2.64. The summed E-state index contributed by atoms with van der Waals surface area (Å²) < 4.78 is 81.5. The number of rotatable bonds is 1. The molecule has 1 saturated heterocycles. The van der Waals surface area contributed by atoms with Gasteiger partial charge >= 0.3 is 24.2 Å². The lowest BCUT2D eigenvalue weighted by atomic mass is 9.44. The van der Waals surface area contributed by atoms with E-state index in [0.29, 0.717) is 37.5 Å². The van der Waals surface area contributed by atoms with Crippen molar-refractivity contribution in [2.75, 3.05) is 13.1 Å². The van der Waals surface area contributed by atoms with Crippen LogP contribution >= 0.6 is 0 Å². The Labute approximate surface area is 189 Å². The van der Waals surface area contributed by atoms with Gasteiger partial charge < -0.3 is 9.64 Å². The smallest absolute Gasteiger partial charge is 0.456 e. The zero-order valence-corrected chi connectivity index (χ0v) is 18.9. The van der Waals surface area contributed by atoms with Crippen molar-refractivity contribution in [3.05, 3.63) is 0 Å². The monoisotopic (exact) mass is 483 g/mol. The Bertz CT molecular complexity index is 798.